The van der Waals surface area contributed by atoms with Crippen LogP contribution in [0.15, 0.2) is 29.1 Å². The first-order valence-corrected chi connectivity index (χ1v) is 7.03. The number of hydrogen-bond donors (Lipinski definition) is 1. The van der Waals surface area contributed by atoms with Gasteiger partial charge in [-0.1, -0.05) is 25.0 Å². The van der Waals surface area contributed by atoms with Crippen molar-refractivity contribution in [2.75, 3.05) is 13.1 Å². The summed E-state index contributed by atoms with van der Waals surface area (Å²) < 4.78 is 0. The monoisotopic (exact) mass is 257 g/mol. The number of nitrogens with zero attached hydrogens (tertiary/aromatic N) is 2. The molecule has 2 heterocycles. The van der Waals surface area contributed by atoms with Crippen LogP contribution in [0.4, 0.5) is 0 Å². The first-order chi connectivity index (χ1) is 9.33. The molecule has 1 saturated heterocycles. The van der Waals surface area contributed by atoms with Crippen molar-refractivity contribution in [1.29, 1.82) is 0 Å². The van der Waals surface area contributed by atoms with Crippen LogP contribution in [0.2, 0.25) is 0 Å². The minimum Gasteiger partial charge on any atom is -0.309 e. The summed E-state index contributed by atoms with van der Waals surface area (Å²) in [6.45, 7) is 2.97. The second-order valence-electron chi connectivity index (χ2n) is 5.22. The van der Waals surface area contributed by atoms with E-state index < -0.39 is 0 Å². The van der Waals surface area contributed by atoms with Crippen molar-refractivity contribution in [2.45, 2.75) is 32.2 Å². The van der Waals surface area contributed by atoms with Gasteiger partial charge in [-0.2, -0.15) is 0 Å². The Morgan fingerprint density at radius 2 is 1.84 bits per heavy atom. The van der Waals surface area contributed by atoms with E-state index in [1.807, 2.05) is 24.3 Å². The maximum atomic E-state index is 12.0. The van der Waals surface area contributed by atoms with Crippen LogP contribution in [0.25, 0.3) is 10.9 Å². The van der Waals surface area contributed by atoms with Crippen molar-refractivity contribution in [3.63, 3.8) is 0 Å². The molecule has 1 aliphatic rings. The van der Waals surface area contributed by atoms with Gasteiger partial charge in [0.1, 0.15) is 5.82 Å². The van der Waals surface area contributed by atoms with Crippen LogP contribution >= 0.6 is 0 Å². The first kappa shape index (κ1) is 12.4. The molecule has 0 spiro atoms. The molecule has 4 nitrogen and oxygen atoms in total. The molecule has 4 heteroatoms. The zero-order valence-corrected chi connectivity index (χ0v) is 11.1. The number of H-pyrrole nitrogens is 1. The van der Waals surface area contributed by atoms with Crippen LogP contribution in [0.1, 0.15) is 31.5 Å². The zero-order chi connectivity index (χ0) is 13.1. The highest BCUT2D eigenvalue weighted by Gasteiger charge is 2.11. The van der Waals surface area contributed by atoms with E-state index in [0.29, 0.717) is 5.39 Å². The van der Waals surface area contributed by atoms with Gasteiger partial charge in [0.15, 0.2) is 0 Å². The molecule has 3 rings (SSSR count). The number of aromatic amines is 1. The van der Waals surface area contributed by atoms with Crippen LogP contribution in [-0.4, -0.2) is 28.0 Å². The van der Waals surface area contributed by atoms with E-state index >= 15 is 0 Å². The molecule has 0 amide bonds. The summed E-state index contributed by atoms with van der Waals surface area (Å²) in [6, 6.07) is 7.51. The van der Waals surface area contributed by atoms with Gasteiger partial charge in [-0.05, 0) is 38.1 Å². The topological polar surface area (TPSA) is 49.0 Å². The summed E-state index contributed by atoms with van der Waals surface area (Å²) in [5.41, 5.74) is 0.756. The Labute approximate surface area is 112 Å². The molecule has 1 fully saturated rings. The summed E-state index contributed by atoms with van der Waals surface area (Å²) in [4.78, 5) is 21.9. The predicted molar refractivity (Wildman–Crippen MR) is 76.1 cm³/mol. The molecule has 1 aromatic carbocycles. The van der Waals surface area contributed by atoms with E-state index in [4.69, 9.17) is 0 Å². The summed E-state index contributed by atoms with van der Waals surface area (Å²) >= 11 is 0. The molecule has 0 atom stereocenters. The number of para-hydroxylation sites is 1. The SMILES string of the molecule is O=c1[nH]c(CN2CCCCCC2)nc2ccccc12. The molecule has 0 unspecified atom stereocenters. The molecular weight excluding hydrogens is 238 g/mol. The van der Waals surface area contributed by atoms with Gasteiger partial charge < -0.3 is 4.98 Å². The summed E-state index contributed by atoms with van der Waals surface area (Å²) in [5, 5.41) is 0.669. The van der Waals surface area contributed by atoms with Crippen LogP contribution in [0.5, 0.6) is 0 Å². The first-order valence-electron chi connectivity index (χ1n) is 7.03. The predicted octanol–water partition coefficient (Wildman–Crippen LogP) is 2.30. The fourth-order valence-corrected chi connectivity index (χ4v) is 2.72. The molecular formula is C15H19N3O. The second kappa shape index (κ2) is 5.53. The Morgan fingerprint density at radius 3 is 2.63 bits per heavy atom. The van der Waals surface area contributed by atoms with E-state index in [-0.39, 0.29) is 5.56 Å². The Kier molecular flexibility index (Phi) is 3.60. The molecule has 2 aromatic rings. The quantitative estimate of drug-likeness (QED) is 0.898. The van der Waals surface area contributed by atoms with E-state index in [1.54, 1.807) is 0 Å². The lowest BCUT2D eigenvalue weighted by atomic mass is 10.2. The maximum Gasteiger partial charge on any atom is 0.258 e. The van der Waals surface area contributed by atoms with Crippen molar-refractivity contribution in [1.82, 2.24) is 14.9 Å². The van der Waals surface area contributed by atoms with Crippen LogP contribution < -0.4 is 5.56 Å². The minimum absolute atomic E-state index is 0.0320. The van der Waals surface area contributed by atoms with E-state index in [0.717, 1.165) is 31.0 Å². The highest BCUT2D eigenvalue weighted by atomic mass is 16.1. The Balaban J connectivity index is 1.86. The van der Waals surface area contributed by atoms with Crippen LogP contribution in [0.3, 0.4) is 0 Å². The number of rotatable bonds is 2. The van der Waals surface area contributed by atoms with Gasteiger partial charge in [0.2, 0.25) is 0 Å². The fraction of sp³-hybridized carbons (Fsp3) is 0.467. The maximum absolute atomic E-state index is 12.0. The van der Waals surface area contributed by atoms with Gasteiger partial charge in [-0.3, -0.25) is 9.69 Å². The van der Waals surface area contributed by atoms with Gasteiger partial charge >= 0.3 is 0 Å². The fourth-order valence-electron chi connectivity index (χ4n) is 2.72. The van der Waals surface area contributed by atoms with Gasteiger partial charge in [-0.25, -0.2) is 4.98 Å². The van der Waals surface area contributed by atoms with Crippen molar-refractivity contribution in [2.24, 2.45) is 0 Å². The molecule has 19 heavy (non-hydrogen) atoms. The van der Waals surface area contributed by atoms with Gasteiger partial charge in [-0.15, -0.1) is 0 Å². The average molecular weight is 257 g/mol. The van der Waals surface area contributed by atoms with Crippen LogP contribution in [-0.2, 0) is 6.54 Å². The number of benzene rings is 1. The number of aromatic nitrogens is 2. The van der Waals surface area contributed by atoms with Gasteiger partial charge in [0.05, 0.1) is 17.4 Å². The van der Waals surface area contributed by atoms with Crippen molar-refractivity contribution in [3.05, 3.63) is 40.4 Å². The summed E-state index contributed by atoms with van der Waals surface area (Å²) in [7, 11) is 0. The molecule has 0 bridgehead atoms. The van der Waals surface area contributed by atoms with Gasteiger partial charge in [0, 0.05) is 0 Å². The number of likely N-dealkylation sites (tertiary alicyclic amines) is 1. The Bertz CT molecular complexity index is 612. The van der Waals surface area contributed by atoms with Crippen molar-refractivity contribution < 1.29 is 0 Å². The lowest BCUT2D eigenvalue weighted by Crippen LogP contribution is -2.26. The Hall–Kier alpha value is -1.68. The molecule has 1 aliphatic heterocycles. The number of fused-ring (bicyclic) bond motifs is 1. The number of hydrogen-bond acceptors (Lipinski definition) is 3. The average Bonchev–Trinajstić information content (AvgIpc) is 2.67. The van der Waals surface area contributed by atoms with Crippen molar-refractivity contribution in [3.8, 4) is 0 Å². The summed E-state index contributed by atoms with van der Waals surface area (Å²) in [6.07, 6.45) is 5.13. The molecule has 100 valence electrons. The second-order valence-corrected chi connectivity index (χ2v) is 5.22. The number of nitrogens with one attached hydrogen (secondary N) is 1. The minimum atomic E-state index is -0.0320. The molecule has 0 radical (unpaired) electrons. The zero-order valence-electron chi connectivity index (χ0n) is 11.1. The van der Waals surface area contributed by atoms with Crippen molar-refractivity contribution >= 4 is 10.9 Å². The lowest BCUT2D eigenvalue weighted by molar-refractivity contribution is 0.270. The van der Waals surface area contributed by atoms with E-state index in [2.05, 4.69) is 14.9 Å². The third kappa shape index (κ3) is 2.84. The largest absolute Gasteiger partial charge is 0.309 e. The molecule has 0 saturated carbocycles. The standard InChI is InChI=1S/C15H19N3O/c19-15-12-7-3-4-8-13(12)16-14(17-15)11-18-9-5-1-2-6-10-18/h3-4,7-8H,1-2,5-6,9-11H2,(H,16,17,19). The normalized spacial score (nSPS) is 17.5. The molecule has 1 aromatic heterocycles. The smallest absolute Gasteiger partial charge is 0.258 e. The highest BCUT2D eigenvalue weighted by Crippen LogP contribution is 2.12. The third-order valence-corrected chi connectivity index (χ3v) is 3.73. The summed E-state index contributed by atoms with van der Waals surface area (Å²) in [5.74, 6) is 0.783. The third-order valence-electron chi connectivity index (χ3n) is 3.73. The molecule has 0 aliphatic carbocycles. The molecule has 1 N–H and O–H groups in total. The highest BCUT2D eigenvalue weighted by molar-refractivity contribution is 5.77. The Morgan fingerprint density at radius 1 is 1.11 bits per heavy atom. The van der Waals surface area contributed by atoms with E-state index in [9.17, 15) is 4.79 Å². The van der Waals surface area contributed by atoms with Gasteiger partial charge in [0.25, 0.3) is 5.56 Å². The van der Waals surface area contributed by atoms with Crippen LogP contribution in [0, 0.1) is 0 Å². The lowest BCUT2D eigenvalue weighted by Gasteiger charge is -2.18. The van der Waals surface area contributed by atoms with E-state index in [1.165, 1.54) is 25.7 Å².